The fourth-order valence-corrected chi connectivity index (χ4v) is 11.0. The van der Waals surface area contributed by atoms with Crippen LogP contribution < -0.4 is 17.3 Å². The van der Waals surface area contributed by atoms with Crippen LogP contribution in [0.15, 0.2) is 36.2 Å². The number of likely N-dealkylation sites (N-methyl/N-ethyl adjacent to an activating group) is 1. The summed E-state index contributed by atoms with van der Waals surface area (Å²) in [6, 6.07) is 5.55. The molecule has 0 amide bonds. The van der Waals surface area contributed by atoms with Crippen molar-refractivity contribution in [2.75, 3.05) is 53.8 Å². The highest BCUT2D eigenvalue weighted by Gasteiger charge is 2.52. The molecule has 3 aliphatic rings. The average molecular weight is 999 g/mol. The van der Waals surface area contributed by atoms with E-state index in [1.54, 1.807) is 58.9 Å². The number of ether oxygens (including phenoxy) is 7. The lowest BCUT2D eigenvalue weighted by molar-refractivity contribution is -0.308. The molecule has 18 nitrogen and oxygen atoms in total. The second kappa shape index (κ2) is 25.5. The van der Waals surface area contributed by atoms with Crippen LogP contribution in [0.1, 0.15) is 119 Å². The van der Waals surface area contributed by atoms with E-state index in [2.05, 4.69) is 4.90 Å². The van der Waals surface area contributed by atoms with Gasteiger partial charge in [0.05, 0.1) is 41.5 Å². The molecule has 19 atom stereocenters. The molecule has 1 aromatic carbocycles. The van der Waals surface area contributed by atoms with Crippen LogP contribution >= 0.6 is 0 Å². The predicted molar refractivity (Wildman–Crippen MR) is 265 cm³/mol. The predicted octanol–water partition coefficient (Wildman–Crippen LogP) is 3.97. The molecule has 3 aliphatic heterocycles. The van der Waals surface area contributed by atoms with Crippen molar-refractivity contribution in [2.24, 2.45) is 29.3 Å². The Bertz CT molecular complexity index is 1800. The number of aliphatic hydroxyl groups is 4. The van der Waals surface area contributed by atoms with Gasteiger partial charge in [-0.05, 0) is 105 Å². The summed E-state index contributed by atoms with van der Waals surface area (Å²) >= 11 is 0. The van der Waals surface area contributed by atoms with Crippen molar-refractivity contribution in [3.8, 4) is 0 Å². The maximum atomic E-state index is 14.5. The van der Waals surface area contributed by atoms with Gasteiger partial charge in [-0.3, -0.25) is 4.79 Å². The number of methoxy groups -OCH3 is 2. The minimum Gasteiger partial charge on any atom is -0.459 e. The van der Waals surface area contributed by atoms with Crippen molar-refractivity contribution >= 4 is 11.7 Å². The van der Waals surface area contributed by atoms with E-state index in [9.17, 15) is 29.6 Å². The zero-order valence-electron chi connectivity index (χ0n) is 44.5. The van der Waals surface area contributed by atoms with Gasteiger partial charge in [0.15, 0.2) is 12.6 Å². The molecule has 3 heterocycles. The highest BCUT2D eigenvalue weighted by molar-refractivity contribution is 5.73. The number of hydrogen-bond donors (Lipinski definition) is 7. The van der Waals surface area contributed by atoms with Crippen LogP contribution in [-0.4, -0.2) is 180 Å². The number of cyclic esters (lactones) is 1. The van der Waals surface area contributed by atoms with Crippen molar-refractivity contribution in [3.63, 3.8) is 0 Å². The molecule has 3 fully saturated rings. The van der Waals surface area contributed by atoms with Crippen LogP contribution in [0.2, 0.25) is 0 Å². The van der Waals surface area contributed by atoms with Gasteiger partial charge < -0.3 is 79.9 Å². The third-order valence-corrected chi connectivity index (χ3v) is 15.5. The second-order valence-electron chi connectivity index (χ2n) is 21.5. The minimum atomic E-state index is -1.82. The Morgan fingerprint density at radius 2 is 1.63 bits per heavy atom. The minimum absolute atomic E-state index is 0.0458. The van der Waals surface area contributed by atoms with Crippen molar-refractivity contribution in [2.45, 2.75) is 204 Å². The monoisotopic (exact) mass is 999 g/mol. The molecule has 19 heteroatoms. The summed E-state index contributed by atoms with van der Waals surface area (Å²) in [6.45, 7) is 18.0. The van der Waals surface area contributed by atoms with E-state index in [1.165, 1.54) is 32.4 Å². The fourth-order valence-electron chi connectivity index (χ4n) is 11.0. The Morgan fingerprint density at radius 3 is 2.21 bits per heavy atom. The molecule has 0 aliphatic carbocycles. The lowest BCUT2D eigenvalue weighted by Gasteiger charge is -2.48. The van der Waals surface area contributed by atoms with Gasteiger partial charge in [-0.15, -0.1) is 0 Å². The molecule has 10 N–H and O–H groups in total. The zero-order valence-corrected chi connectivity index (χ0v) is 44.5. The van der Waals surface area contributed by atoms with E-state index in [4.69, 9.17) is 50.5 Å². The number of hydrazine groups is 1. The first-order chi connectivity index (χ1) is 32.6. The van der Waals surface area contributed by atoms with Gasteiger partial charge in [0.1, 0.15) is 42.7 Å². The molecule has 0 spiro atoms. The molecule has 1 aromatic rings. The molecule has 404 valence electrons. The van der Waals surface area contributed by atoms with Gasteiger partial charge in [-0.1, -0.05) is 32.9 Å². The van der Waals surface area contributed by atoms with Gasteiger partial charge in [-0.25, -0.2) is 10.2 Å². The maximum absolute atomic E-state index is 14.5. The van der Waals surface area contributed by atoms with Crippen molar-refractivity contribution in [1.82, 2.24) is 14.8 Å². The van der Waals surface area contributed by atoms with E-state index in [0.717, 1.165) is 5.56 Å². The molecule has 0 radical (unpaired) electrons. The number of nitrogen functional groups attached to an aromatic ring is 1. The number of benzene rings is 1. The van der Waals surface area contributed by atoms with Crippen LogP contribution in [0.25, 0.3) is 0 Å². The van der Waals surface area contributed by atoms with E-state index < -0.39 is 109 Å². The molecule has 0 unspecified atom stereocenters. The number of nitrogens with zero attached hydrogens (tertiary/aromatic N) is 3. The lowest BCUT2D eigenvalue weighted by Crippen LogP contribution is -2.59. The van der Waals surface area contributed by atoms with Crippen molar-refractivity contribution in [1.29, 1.82) is 0 Å². The van der Waals surface area contributed by atoms with Crippen LogP contribution in [0.5, 0.6) is 0 Å². The van der Waals surface area contributed by atoms with Gasteiger partial charge in [0.2, 0.25) is 0 Å². The highest BCUT2D eigenvalue weighted by Crippen LogP contribution is 2.40. The van der Waals surface area contributed by atoms with Gasteiger partial charge in [0.25, 0.3) is 0 Å². The summed E-state index contributed by atoms with van der Waals surface area (Å²) in [5.41, 5.74) is 9.72. The van der Waals surface area contributed by atoms with Gasteiger partial charge >= 0.3 is 5.97 Å². The molecule has 70 heavy (non-hydrogen) atoms. The topological polar surface area (TPSA) is 250 Å². The number of carbonyl (C=O) groups excluding carboxylic acids is 1. The number of nitrogens with two attached hydrogens (primary N) is 3. The number of hydrogen-bond acceptors (Lipinski definition) is 18. The molecular weight excluding hydrogens is 908 g/mol. The first-order valence-corrected chi connectivity index (χ1v) is 25.2. The Balaban J connectivity index is 1.65. The molecule has 0 bridgehead atoms. The molecule has 0 saturated carbocycles. The fraction of sp³-hybridized carbons (Fsp3) is 0.824. The zero-order chi connectivity index (χ0) is 52.6. The van der Waals surface area contributed by atoms with Crippen LogP contribution in [0.3, 0.4) is 0 Å². The number of halogens is 1. The number of aliphatic hydroxyl groups excluding tert-OH is 2. The summed E-state index contributed by atoms with van der Waals surface area (Å²) in [5.74, 6) is 3.81. The number of anilines is 1. The third-order valence-electron chi connectivity index (χ3n) is 15.5. The first-order valence-electron chi connectivity index (χ1n) is 25.2. The maximum Gasteiger partial charge on any atom is 0.311 e. The Morgan fingerprint density at radius 1 is 0.986 bits per heavy atom. The highest BCUT2D eigenvalue weighted by atomic mass is 19.1. The largest absolute Gasteiger partial charge is 0.459 e. The smallest absolute Gasteiger partial charge is 0.311 e. The molecular formula is C51H91FN6O12. The summed E-state index contributed by atoms with van der Waals surface area (Å²) in [4.78, 5) is 18.6. The first kappa shape index (κ1) is 59.8. The van der Waals surface area contributed by atoms with Crippen LogP contribution in [0.4, 0.5) is 10.1 Å². The summed E-state index contributed by atoms with van der Waals surface area (Å²) in [7, 11) is 6.85. The van der Waals surface area contributed by atoms with Crippen LogP contribution in [-0.2, 0) is 38.0 Å². The van der Waals surface area contributed by atoms with E-state index >= 15 is 0 Å². The van der Waals surface area contributed by atoms with Gasteiger partial charge in [0, 0.05) is 82.2 Å². The van der Waals surface area contributed by atoms with Gasteiger partial charge in [-0.2, -0.15) is 0 Å². The second-order valence-corrected chi connectivity index (χ2v) is 21.5. The summed E-state index contributed by atoms with van der Waals surface area (Å²) in [6.07, 6.45) is -5.13. The summed E-state index contributed by atoms with van der Waals surface area (Å²) < 4.78 is 58.7. The molecule has 0 aromatic heterocycles. The Kier molecular flexibility index (Phi) is 21.7. The Labute approximate surface area is 417 Å². The van der Waals surface area contributed by atoms with E-state index in [1.807, 2.05) is 46.7 Å². The lowest BCUT2D eigenvalue weighted by atomic mass is 9.77. The number of carbonyl (C=O) groups is 1. The van der Waals surface area contributed by atoms with E-state index in [0.29, 0.717) is 43.7 Å². The number of rotatable bonds is 16. The third kappa shape index (κ3) is 14.7. The quantitative estimate of drug-likeness (QED) is 0.0536. The molecule has 4 rings (SSSR count). The standard InChI is InChI=1S/C51H91FN6O12/c1-15-40-51(10,63)45(59)33(6)57(12)27-29(2)24-49(8,62)47(31(4)43(32(5)48(61)68-40)69-42-25-50(9,65-14)46(60)34(7)67-42)70-41-23-38(22-30(3)66-41)56(11)21-20-37(54)28-58(55)39(26-52)44(64-13)35-16-18-36(53)19-17-35/h16-19,28-34,38-47,59-60,62-63H,15,20-27,53-55H2,1-14H3/b37-28-/t29-,30-,31+,32-,33-,34+,38+,39-,40-,41+,42+,43+,44-,45-,46+,47-,49-,50-,51-/m1/s1. The number of alkyl halides is 1. The van der Waals surface area contributed by atoms with Crippen molar-refractivity contribution in [3.05, 3.63) is 41.7 Å². The SMILES string of the molecule is CC[C@H]1OC(=O)[C@H](C)[C@@H](O[C@H]2C[C@@](C)(OC)[C@@H](O)[C@H](C)O2)[C@H](C)[C@@H](O[C@H]2C[C@@H](N(C)CC/C(N)=C/N(N)[C@H](CF)[C@H](OC)c3ccc(N)cc3)C[C@@H](C)O2)[C@](C)(O)C[C@@H](C)CN(C)[C@H](C)[C@@H](O)[C@]1(C)O. The average Bonchev–Trinajstić information content (AvgIpc) is 3.30. The van der Waals surface area contributed by atoms with Crippen molar-refractivity contribution < 1.29 is 62.8 Å². The van der Waals surface area contributed by atoms with E-state index in [-0.39, 0.29) is 37.3 Å². The normalized spacial score (nSPS) is 40.0. The summed E-state index contributed by atoms with van der Waals surface area (Å²) in [5, 5.41) is 48.7. The van der Waals surface area contributed by atoms with Crippen LogP contribution in [0, 0.1) is 17.8 Å². The number of esters is 1. The Hall–Kier alpha value is -2.76. The molecule has 3 saturated heterocycles.